The lowest BCUT2D eigenvalue weighted by atomic mass is 10.0. The van der Waals surface area contributed by atoms with Crippen LogP contribution in [0, 0.1) is 25.2 Å². The SMILES string of the molecule is CCOc1cc(/C=C(\C#N)c2ccc(C)cc2)cc(Br)c1OCC(=O)Nc1cccc(C)c1. The van der Waals surface area contributed by atoms with E-state index in [1.54, 1.807) is 12.1 Å². The number of anilines is 1. The first-order chi connectivity index (χ1) is 15.9. The zero-order valence-corrected chi connectivity index (χ0v) is 20.4. The molecule has 0 unspecified atom stereocenters. The average Bonchev–Trinajstić information content (AvgIpc) is 2.78. The molecule has 1 N–H and O–H groups in total. The van der Waals surface area contributed by atoms with Crippen molar-refractivity contribution in [1.82, 2.24) is 0 Å². The zero-order valence-electron chi connectivity index (χ0n) is 18.8. The highest BCUT2D eigenvalue weighted by Gasteiger charge is 2.14. The van der Waals surface area contributed by atoms with Crippen LogP contribution in [-0.4, -0.2) is 19.1 Å². The predicted octanol–water partition coefficient (Wildman–Crippen LogP) is 6.55. The number of ether oxygens (including phenoxy) is 2. The number of hydrogen-bond donors (Lipinski definition) is 1. The summed E-state index contributed by atoms with van der Waals surface area (Å²) in [5.41, 5.74) is 5.06. The molecule has 6 heteroatoms. The number of rotatable bonds is 8. The van der Waals surface area contributed by atoms with Crippen LogP contribution in [0.4, 0.5) is 5.69 Å². The number of carbonyl (C=O) groups is 1. The van der Waals surface area contributed by atoms with Crippen molar-refractivity contribution in [3.63, 3.8) is 0 Å². The standard InChI is InChI=1S/C27H25BrN2O3/c1-4-32-25-15-20(13-22(16-29)21-10-8-18(2)9-11-21)14-24(28)27(25)33-17-26(31)30-23-7-5-6-19(3)12-23/h5-15H,4,17H2,1-3H3,(H,30,31)/b22-13+. The molecule has 0 saturated carbocycles. The quantitative estimate of drug-likeness (QED) is 0.279. The lowest BCUT2D eigenvalue weighted by Crippen LogP contribution is -2.20. The van der Waals surface area contributed by atoms with Crippen molar-refractivity contribution in [1.29, 1.82) is 5.26 Å². The van der Waals surface area contributed by atoms with E-state index >= 15 is 0 Å². The second-order valence-corrected chi connectivity index (χ2v) is 8.36. The molecule has 0 radical (unpaired) electrons. The number of hydrogen-bond acceptors (Lipinski definition) is 4. The molecule has 3 rings (SSSR count). The van der Waals surface area contributed by atoms with Crippen LogP contribution >= 0.6 is 15.9 Å². The number of nitrogens with one attached hydrogen (secondary N) is 1. The summed E-state index contributed by atoms with van der Waals surface area (Å²) in [6.07, 6.45) is 1.80. The van der Waals surface area contributed by atoms with Crippen molar-refractivity contribution in [2.75, 3.05) is 18.5 Å². The number of halogens is 1. The van der Waals surface area contributed by atoms with Gasteiger partial charge in [0.1, 0.15) is 0 Å². The normalized spacial score (nSPS) is 10.9. The molecule has 3 aromatic rings. The summed E-state index contributed by atoms with van der Waals surface area (Å²) >= 11 is 3.52. The maximum absolute atomic E-state index is 12.4. The Balaban J connectivity index is 1.81. The fourth-order valence-corrected chi connectivity index (χ4v) is 3.79. The Morgan fingerprint density at radius 1 is 1.06 bits per heavy atom. The van der Waals surface area contributed by atoms with Crippen LogP contribution < -0.4 is 14.8 Å². The van der Waals surface area contributed by atoms with Gasteiger partial charge in [-0.25, -0.2) is 0 Å². The fraction of sp³-hybridized carbons (Fsp3) is 0.185. The number of benzene rings is 3. The first-order valence-corrected chi connectivity index (χ1v) is 11.3. The molecule has 0 aliphatic carbocycles. The molecular formula is C27H25BrN2O3. The van der Waals surface area contributed by atoms with Gasteiger partial charge in [-0.3, -0.25) is 4.79 Å². The lowest BCUT2D eigenvalue weighted by Gasteiger charge is -2.15. The van der Waals surface area contributed by atoms with Crippen molar-refractivity contribution in [3.05, 3.63) is 87.4 Å². The molecule has 0 saturated heterocycles. The van der Waals surface area contributed by atoms with Gasteiger partial charge in [-0.05, 0) is 83.7 Å². The maximum Gasteiger partial charge on any atom is 0.262 e. The van der Waals surface area contributed by atoms with E-state index in [-0.39, 0.29) is 12.5 Å². The number of nitrogens with zero attached hydrogens (tertiary/aromatic N) is 1. The van der Waals surface area contributed by atoms with Gasteiger partial charge in [-0.2, -0.15) is 5.26 Å². The molecule has 1 amide bonds. The largest absolute Gasteiger partial charge is 0.490 e. The number of aryl methyl sites for hydroxylation is 2. The minimum atomic E-state index is -0.273. The molecule has 5 nitrogen and oxygen atoms in total. The fourth-order valence-electron chi connectivity index (χ4n) is 3.21. The molecule has 0 heterocycles. The average molecular weight is 505 g/mol. The third kappa shape index (κ3) is 6.71. The van der Waals surface area contributed by atoms with Gasteiger partial charge in [0.05, 0.1) is 22.7 Å². The van der Waals surface area contributed by atoms with E-state index in [1.807, 2.05) is 75.4 Å². The van der Waals surface area contributed by atoms with Gasteiger partial charge in [0.2, 0.25) is 0 Å². The van der Waals surface area contributed by atoms with Gasteiger partial charge in [0.15, 0.2) is 18.1 Å². The van der Waals surface area contributed by atoms with Crippen LogP contribution in [0.15, 0.2) is 65.1 Å². The van der Waals surface area contributed by atoms with Gasteiger partial charge < -0.3 is 14.8 Å². The van der Waals surface area contributed by atoms with Crippen LogP contribution in [0.25, 0.3) is 11.6 Å². The lowest BCUT2D eigenvalue weighted by molar-refractivity contribution is -0.118. The van der Waals surface area contributed by atoms with Crippen molar-refractivity contribution >= 4 is 39.2 Å². The Bertz CT molecular complexity index is 1210. The van der Waals surface area contributed by atoms with Crippen LogP contribution in [0.5, 0.6) is 11.5 Å². The second-order valence-electron chi connectivity index (χ2n) is 7.51. The molecule has 0 aliphatic rings. The first-order valence-electron chi connectivity index (χ1n) is 10.5. The first kappa shape index (κ1) is 24.1. The monoisotopic (exact) mass is 504 g/mol. The van der Waals surface area contributed by atoms with E-state index in [2.05, 4.69) is 27.3 Å². The molecule has 0 fully saturated rings. The Kier molecular flexibility index (Phi) is 8.28. The second kappa shape index (κ2) is 11.3. The van der Waals surface area contributed by atoms with Crippen LogP contribution in [-0.2, 0) is 4.79 Å². The number of carbonyl (C=O) groups excluding carboxylic acids is 1. The molecule has 3 aromatic carbocycles. The summed E-state index contributed by atoms with van der Waals surface area (Å²) in [7, 11) is 0. The summed E-state index contributed by atoms with van der Waals surface area (Å²) < 4.78 is 12.2. The smallest absolute Gasteiger partial charge is 0.262 e. The van der Waals surface area contributed by atoms with Gasteiger partial charge in [0.25, 0.3) is 5.91 Å². The van der Waals surface area contributed by atoms with Gasteiger partial charge in [0, 0.05) is 5.69 Å². The Morgan fingerprint density at radius 3 is 2.48 bits per heavy atom. The van der Waals surface area contributed by atoms with Crippen molar-refractivity contribution in [3.8, 4) is 17.6 Å². The minimum absolute atomic E-state index is 0.172. The molecule has 0 aromatic heterocycles. The highest BCUT2D eigenvalue weighted by atomic mass is 79.9. The summed E-state index contributed by atoms with van der Waals surface area (Å²) in [4.78, 5) is 12.4. The number of allylic oxidation sites excluding steroid dienone is 1. The van der Waals surface area contributed by atoms with E-state index in [9.17, 15) is 10.1 Å². The summed E-state index contributed by atoms with van der Waals surface area (Å²) in [5, 5.41) is 12.5. The number of amides is 1. The maximum atomic E-state index is 12.4. The van der Waals surface area contributed by atoms with E-state index < -0.39 is 0 Å². The van der Waals surface area contributed by atoms with Crippen LogP contribution in [0.1, 0.15) is 29.2 Å². The third-order valence-electron chi connectivity index (χ3n) is 4.78. The van der Waals surface area contributed by atoms with Gasteiger partial charge in [-0.1, -0.05) is 42.0 Å². The number of nitriles is 1. The molecule has 0 aliphatic heterocycles. The van der Waals surface area contributed by atoms with Gasteiger partial charge >= 0.3 is 0 Å². The summed E-state index contributed by atoms with van der Waals surface area (Å²) in [5.74, 6) is 0.648. The molecular weight excluding hydrogens is 480 g/mol. The predicted molar refractivity (Wildman–Crippen MR) is 135 cm³/mol. The summed E-state index contributed by atoms with van der Waals surface area (Å²) in [6.45, 7) is 6.09. The highest BCUT2D eigenvalue weighted by molar-refractivity contribution is 9.10. The van der Waals surface area contributed by atoms with Gasteiger partial charge in [-0.15, -0.1) is 0 Å². The Labute approximate surface area is 202 Å². The van der Waals surface area contributed by atoms with Crippen molar-refractivity contribution < 1.29 is 14.3 Å². The van der Waals surface area contributed by atoms with Crippen LogP contribution in [0.2, 0.25) is 0 Å². The molecule has 168 valence electrons. The van der Waals surface area contributed by atoms with Crippen molar-refractivity contribution in [2.45, 2.75) is 20.8 Å². The van der Waals surface area contributed by atoms with E-state index in [0.717, 1.165) is 22.3 Å². The van der Waals surface area contributed by atoms with Crippen LogP contribution in [0.3, 0.4) is 0 Å². The highest BCUT2D eigenvalue weighted by Crippen LogP contribution is 2.38. The van der Waals surface area contributed by atoms with Crippen molar-refractivity contribution in [2.24, 2.45) is 0 Å². The zero-order chi connectivity index (χ0) is 23.8. The van der Waals surface area contributed by atoms with E-state index in [0.29, 0.717) is 33.8 Å². The summed E-state index contributed by atoms with van der Waals surface area (Å²) in [6, 6.07) is 21.3. The molecule has 0 bridgehead atoms. The molecule has 33 heavy (non-hydrogen) atoms. The topological polar surface area (TPSA) is 71.3 Å². The minimum Gasteiger partial charge on any atom is -0.490 e. The van der Waals surface area contributed by atoms with E-state index in [1.165, 1.54) is 0 Å². The Hall–Kier alpha value is -3.56. The van der Waals surface area contributed by atoms with E-state index in [4.69, 9.17) is 9.47 Å². The Morgan fingerprint density at radius 2 is 1.82 bits per heavy atom. The molecule has 0 spiro atoms. The third-order valence-corrected chi connectivity index (χ3v) is 5.36. The molecule has 0 atom stereocenters.